The van der Waals surface area contributed by atoms with E-state index in [9.17, 15) is 0 Å². The van der Waals surface area contributed by atoms with Crippen LogP contribution >= 0.6 is 23.2 Å². The summed E-state index contributed by atoms with van der Waals surface area (Å²) in [4.78, 5) is 4.64. The Morgan fingerprint density at radius 1 is 1.29 bits per heavy atom. The molecule has 1 saturated carbocycles. The lowest BCUT2D eigenvalue weighted by Crippen LogP contribution is -2.45. The zero-order chi connectivity index (χ0) is 15.4. The Bertz CT molecular complexity index is 680. The molecule has 3 nitrogen and oxygen atoms in total. The molecule has 0 spiro atoms. The Morgan fingerprint density at radius 3 is 2.71 bits per heavy atom. The summed E-state index contributed by atoms with van der Waals surface area (Å²) in [7, 11) is 0. The van der Waals surface area contributed by atoms with Crippen molar-refractivity contribution < 1.29 is 4.42 Å². The van der Waals surface area contributed by atoms with E-state index in [2.05, 4.69) is 25.8 Å². The molecular weight excluding hydrogens is 307 g/mol. The molecule has 3 unspecified atom stereocenters. The number of benzene rings is 1. The van der Waals surface area contributed by atoms with Gasteiger partial charge in [0.15, 0.2) is 11.5 Å². The van der Waals surface area contributed by atoms with Gasteiger partial charge in [0.05, 0.1) is 5.02 Å². The number of nitrogens with two attached hydrogens (primary N) is 1. The van der Waals surface area contributed by atoms with Crippen molar-refractivity contribution in [2.24, 2.45) is 17.1 Å². The van der Waals surface area contributed by atoms with Crippen molar-refractivity contribution in [2.45, 2.75) is 45.6 Å². The molecule has 1 aliphatic rings. The molecule has 0 radical (unpaired) electrons. The monoisotopic (exact) mass is 326 g/mol. The van der Waals surface area contributed by atoms with E-state index in [0.29, 0.717) is 21.5 Å². The molecule has 1 aliphatic carbocycles. The van der Waals surface area contributed by atoms with Gasteiger partial charge in [-0.05, 0) is 36.3 Å². The van der Waals surface area contributed by atoms with E-state index in [4.69, 9.17) is 33.4 Å². The van der Waals surface area contributed by atoms with Crippen LogP contribution < -0.4 is 5.73 Å². The summed E-state index contributed by atoms with van der Waals surface area (Å²) in [6.45, 7) is 6.69. The Morgan fingerprint density at radius 2 is 2.00 bits per heavy atom. The fourth-order valence-corrected chi connectivity index (χ4v) is 3.94. The van der Waals surface area contributed by atoms with Gasteiger partial charge < -0.3 is 10.2 Å². The second kappa shape index (κ2) is 5.15. The molecule has 21 heavy (non-hydrogen) atoms. The van der Waals surface area contributed by atoms with Crippen molar-refractivity contribution in [1.82, 2.24) is 4.98 Å². The largest absolute Gasteiger partial charge is 0.439 e. The van der Waals surface area contributed by atoms with E-state index in [1.807, 2.05) is 0 Å². The third kappa shape index (κ3) is 2.45. The number of halogens is 2. The Labute approximate surface area is 134 Å². The first-order valence-corrected chi connectivity index (χ1v) is 8.07. The molecule has 0 saturated heterocycles. The van der Waals surface area contributed by atoms with Gasteiger partial charge in [-0.15, -0.1) is 0 Å². The maximum absolute atomic E-state index is 6.22. The van der Waals surface area contributed by atoms with Gasteiger partial charge in [-0.2, -0.15) is 0 Å². The van der Waals surface area contributed by atoms with Gasteiger partial charge in [0.2, 0.25) is 0 Å². The number of oxazole rings is 1. The molecule has 5 heteroatoms. The van der Waals surface area contributed by atoms with E-state index in [1.165, 1.54) is 0 Å². The lowest BCUT2D eigenvalue weighted by Gasteiger charge is -2.45. The van der Waals surface area contributed by atoms with Gasteiger partial charge >= 0.3 is 0 Å². The lowest BCUT2D eigenvalue weighted by molar-refractivity contribution is 0.0855. The Kier molecular flexibility index (Phi) is 3.71. The highest BCUT2D eigenvalue weighted by Gasteiger charge is 2.44. The highest BCUT2D eigenvalue weighted by Crippen LogP contribution is 2.50. The second-order valence-corrected chi connectivity index (χ2v) is 7.54. The van der Waals surface area contributed by atoms with Gasteiger partial charge in [-0.3, -0.25) is 0 Å². The minimum Gasteiger partial charge on any atom is -0.439 e. The van der Waals surface area contributed by atoms with Crippen molar-refractivity contribution in [3.05, 3.63) is 28.1 Å². The molecule has 0 aliphatic heterocycles. The van der Waals surface area contributed by atoms with Crippen LogP contribution in [-0.4, -0.2) is 11.0 Å². The Hall–Kier alpha value is -0.770. The van der Waals surface area contributed by atoms with Crippen molar-refractivity contribution in [1.29, 1.82) is 0 Å². The fourth-order valence-electron chi connectivity index (χ4n) is 3.42. The second-order valence-electron chi connectivity index (χ2n) is 6.69. The van der Waals surface area contributed by atoms with Crippen LogP contribution in [-0.2, 0) is 0 Å². The minimum absolute atomic E-state index is 0.0365. The smallest absolute Gasteiger partial charge is 0.199 e. The summed E-state index contributed by atoms with van der Waals surface area (Å²) in [6, 6.07) is 3.71. The molecule has 2 N–H and O–H groups in total. The molecule has 114 valence electrons. The quantitative estimate of drug-likeness (QED) is 0.802. The first-order chi connectivity index (χ1) is 9.80. The first kappa shape index (κ1) is 15.1. The van der Waals surface area contributed by atoms with Crippen LogP contribution in [0.3, 0.4) is 0 Å². The van der Waals surface area contributed by atoms with Crippen LogP contribution in [0.1, 0.15) is 45.4 Å². The summed E-state index contributed by atoms with van der Waals surface area (Å²) in [5, 5.41) is 1.08. The first-order valence-electron chi connectivity index (χ1n) is 7.31. The van der Waals surface area contributed by atoms with E-state index < -0.39 is 0 Å². The van der Waals surface area contributed by atoms with Crippen LogP contribution in [0.5, 0.6) is 0 Å². The van der Waals surface area contributed by atoms with Gasteiger partial charge in [0, 0.05) is 17.0 Å². The number of aromatic nitrogens is 1. The number of hydrogen-bond acceptors (Lipinski definition) is 3. The van der Waals surface area contributed by atoms with Gasteiger partial charge in [-0.1, -0.05) is 44.0 Å². The summed E-state index contributed by atoms with van der Waals surface area (Å²) in [5.41, 5.74) is 7.60. The summed E-state index contributed by atoms with van der Waals surface area (Å²) in [5.74, 6) is 1.40. The maximum Gasteiger partial charge on any atom is 0.199 e. The van der Waals surface area contributed by atoms with Crippen LogP contribution in [0, 0.1) is 11.3 Å². The summed E-state index contributed by atoms with van der Waals surface area (Å²) < 4.78 is 5.97. The number of rotatable bonds is 1. The van der Waals surface area contributed by atoms with E-state index in [-0.39, 0.29) is 17.4 Å². The van der Waals surface area contributed by atoms with E-state index in [0.717, 1.165) is 24.2 Å². The molecule has 1 heterocycles. The van der Waals surface area contributed by atoms with Gasteiger partial charge in [0.25, 0.3) is 0 Å². The van der Waals surface area contributed by atoms with E-state index in [1.54, 1.807) is 12.1 Å². The maximum atomic E-state index is 6.22. The third-order valence-electron chi connectivity index (χ3n) is 5.23. The zero-order valence-corrected chi connectivity index (χ0v) is 14.0. The van der Waals surface area contributed by atoms with Crippen molar-refractivity contribution in [3.8, 4) is 0 Å². The third-order valence-corrected chi connectivity index (χ3v) is 5.73. The van der Waals surface area contributed by atoms with Crippen LogP contribution in [0.4, 0.5) is 0 Å². The number of fused-ring (bicyclic) bond motifs is 1. The van der Waals surface area contributed by atoms with E-state index >= 15 is 0 Å². The molecule has 0 bridgehead atoms. The van der Waals surface area contributed by atoms with Crippen molar-refractivity contribution >= 4 is 34.3 Å². The topological polar surface area (TPSA) is 52.0 Å². The molecule has 1 aromatic heterocycles. The number of nitrogens with zero attached hydrogens (tertiary/aromatic N) is 1. The van der Waals surface area contributed by atoms with Crippen molar-refractivity contribution in [3.63, 3.8) is 0 Å². The molecule has 2 aromatic rings. The van der Waals surface area contributed by atoms with Gasteiger partial charge in [0.1, 0.15) is 5.52 Å². The molecule has 1 fully saturated rings. The van der Waals surface area contributed by atoms with Gasteiger partial charge in [-0.25, -0.2) is 4.98 Å². The normalized spacial score (nSPS) is 29.0. The SMILES string of the molecule is CC1C(N)CCC(c2nc3cc(Cl)cc(Cl)c3o2)C1(C)C. The standard InChI is InChI=1S/C16H20Cl2N2O/c1-8-12(19)5-4-10(16(8,2)3)15-20-13-7-9(17)6-11(18)14(13)21-15/h6-8,10,12H,4-5,19H2,1-3H3. The molecule has 1 aromatic carbocycles. The minimum atomic E-state index is 0.0365. The summed E-state index contributed by atoms with van der Waals surface area (Å²) >= 11 is 12.2. The average molecular weight is 327 g/mol. The highest BCUT2D eigenvalue weighted by molar-refractivity contribution is 6.37. The predicted octanol–water partition coefficient (Wildman–Crippen LogP) is 5.00. The predicted molar refractivity (Wildman–Crippen MR) is 86.9 cm³/mol. The van der Waals surface area contributed by atoms with Crippen LogP contribution in [0.25, 0.3) is 11.1 Å². The highest BCUT2D eigenvalue weighted by atomic mass is 35.5. The molecule has 3 rings (SSSR count). The molecular formula is C16H20Cl2N2O. The van der Waals surface area contributed by atoms with Crippen LogP contribution in [0.2, 0.25) is 10.0 Å². The molecule has 3 atom stereocenters. The number of hydrogen-bond donors (Lipinski definition) is 1. The fraction of sp³-hybridized carbons (Fsp3) is 0.562. The van der Waals surface area contributed by atoms with Crippen molar-refractivity contribution in [2.75, 3.05) is 0 Å². The molecule has 0 amide bonds. The zero-order valence-electron chi connectivity index (χ0n) is 12.5. The lowest BCUT2D eigenvalue weighted by atomic mass is 9.61. The summed E-state index contributed by atoms with van der Waals surface area (Å²) in [6.07, 6.45) is 1.97. The Balaban J connectivity index is 2.06. The average Bonchev–Trinajstić information content (AvgIpc) is 2.79. The van der Waals surface area contributed by atoms with Crippen LogP contribution in [0.15, 0.2) is 16.5 Å².